The zero-order valence-corrected chi connectivity index (χ0v) is 11.8. The summed E-state index contributed by atoms with van der Waals surface area (Å²) in [5.41, 5.74) is 0.761. The van der Waals surface area contributed by atoms with Crippen molar-refractivity contribution in [2.45, 2.75) is 13.3 Å². The first-order chi connectivity index (χ1) is 9.69. The molecule has 0 fully saturated rings. The Bertz CT molecular complexity index is 449. The van der Waals surface area contributed by atoms with Crippen molar-refractivity contribution < 1.29 is 19.1 Å². The molecule has 0 heterocycles. The van der Waals surface area contributed by atoms with E-state index in [1.807, 2.05) is 0 Å². The molecule has 0 bridgehead atoms. The summed E-state index contributed by atoms with van der Waals surface area (Å²) in [5.74, 6) is -0.456. The van der Waals surface area contributed by atoms with Crippen LogP contribution in [0.25, 0.3) is 0 Å². The summed E-state index contributed by atoms with van der Waals surface area (Å²) in [7, 11) is 1.61. The molecule has 0 spiro atoms. The number of methoxy groups -OCH3 is 1. The lowest BCUT2D eigenvalue weighted by Gasteiger charge is -2.11. The molecule has 6 nitrogen and oxygen atoms in total. The number of hydrogen-bond acceptors (Lipinski definition) is 4. The first-order valence-electron chi connectivity index (χ1n) is 6.49. The standard InChI is InChI=1S/C14H20N2O4/c1-3-20-13(17)11-7-4-5-8-12(11)16-14(18)15-9-6-10-19-2/h4-5,7-8H,3,6,9-10H2,1-2H3,(H2,15,16,18). The third-order valence-corrected chi connectivity index (χ3v) is 2.48. The number of rotatable bonds is 7. The molecule has 1 rings (SSSR count). The summed E-state index contributed by atoms with van der Waals surface area (Å²) in [6, 6.07) is 6.36. The maximum atomic E-state index is 11.7. The van der Waals surface area contributed by atoms with Crippen molar-refractivity contribution in [1.82, 2.24) is 5.32 Å². The summed E-state index contributed by atoms with van der Waals surface area (Å²) >= 11 is 0. The van der Waals surface area contributed by atoms with Crippen molar-refractivity contribution in [2.24, 2.45) is 0 Å². The summed E-state index contributed by atoms with van der Waals surface area (Å²) in [6.45, 7) is 3.10. The number of nitrogens with one attached hydrogen (secondary N) is 2. The van der Waals surface area contributed by atoms with E-state index < -0.39 is 5.97 Å². The van der Waals surface area contributed by atoms with E-state index in [-0.39, 0.29) is 12.6 Å². The van der Waals surface area contributed by atoms with Gasteiger partial charge in [-0.25, -0.2) is 9.59 Å². The summed E-state index contributed by atoms with van der Waals surface area (Å²) in [4.78, 5) is 23.4. The van der Waals surface area contributed by atoms with E-state index in [1.165, 1.54) is 0 Å². The molecule has 0 radical (unpaired) electrons. The zero-order chi connectivity index (χ0) is 14.8. The highest BCUT2D eigenvalue weighted by Crippen LogP contribution is 2.15. The van der Waals surface area contributed by atoms with Gasteiger partial charge in [-0.1, -0.05) is 12.1 Å². The lowest BCUT2D eigenvalue weighted by Crippen LogP contribution is -2.30. The van der Waals surface area contributed by atoms with Crippen molar-refractivity contribution in [3.8, 4) is 0 Å². The largest absolute Gasteiger partial charge is 0.462 e. The first-order valence-corrected chi connectivity index (χ1v) is 6.49. The Morgan fingerprint density at radius 3 is 2.70 bits per heavy atom. The van der Waals surface area contributed by atoms with Crippen LogP contribution >= 0.6 is 0 Å². The zero-order valence-electron chi connectivity index (χ0n) is 11.8. The van der Waals surface area contributed by atoms with Crippen molar-refractivity contribution >= 4 is 17.7 Å². The maximum absolute atomic E-state index is 11.7. The number of hydrogen-bond donors (Lipinski definition) is 2. The SMILES string of the molecule is CCOC(=O)c1ccccc1NC(=O)NCCCOC. The van der Waals surface area contributed by atoms with Crippen LogP contribution in [0.1, 0.15) is 23.7 Å². The van der Waals surface area contributed by atoms with Crippen molar-refractivity contribution in [3.05, 3.63) is 29.8 Å². The molecule has 0 saturated carbocycles. The number of benzene rings is 1. The van der Waals surface area contributed by atoms with E-state index in [4.69, 9.17) is 9.47 Å². The van der Waals surface area contributed by atoms with Crippen LogP contribution in [-0.4, -0.2) is 38.9 Å². The van der Waals surface area contributed by atoms with E-state index in [9.17, 15) is 9.59 Å². The number of carbonyl (C=O) groups excluding carboxylic acids is 2. The monoisotopic (exact) mass is 280 g/mol. The van der Waals surface area contributed by atoms with Gasteiger partial charge in [0.1, 0.15) is 0 Å². The number of esters is 1. The Labute approximate surface area is 118 Å². The lowest BCUT2D eigenvalue weighted by molar-refractivity contribution is 0.0527. The van der Waals surface area contributed by atoms with Crippen LogP contribution in [-0.2, 0) is 9.47 Å². The first kappa shape index (κ1) is 16.0. The van der Waals surface area contributed by atoms with Gasteiger partial charge in [0.2, 0.25) is 0 Å². The molecular formula is C14H20N2O4. The number of amides is 2. The fourth-order valence-corrected chi connectivity index (χ4v) is 1.56. The number of ether oxygens (including phenoxy) is 2. The van der Waals surface area contributed by atoms with E-state index in [0.717, 1.165) is 6.42 Å². The summed E-state index contributed by atoms with van der Waals surface area (Å²) in [6.07, 6.45) is 0.726. The molecule has 0 saturated heterocycles. The summed E-state index contributed by atoms with van der Waals surface area (Å²) < 4.78 is 9.82. The molecule has 110 valence electrons. The molecule has 20 heavy (non-hydrogen) atoms. The number of para-hydroxylation sites is 1. The quantitative estimate of drug-likeness (QED) is 0.592. The summed E-state index contributed by atoms with van der Waals surface area (Å²) in [5, 5.41) is 5.32. The van der Waals surface area contributed by atoms with Crippen LogP contribution in [0.4, 0.5) is 10.5 Å². The Kier molecular flexibility index (Phi) is 7.13. The van der Waals surface area contributed by atoms with Crippen molar-refractivity contribution in [2.75, 3.05) is 32.2 Å². The molecule has 2 amide bonds. The Hall–Kier alpha value is -2.08. The molecule has 0 aliphatic carbocycles. The number of urea groups is 1. The fourth-order valence-electron chi connectivity index (χ4n) is 1.56. The molecule has 0 aromatic heterocycles. The van der Waals surface area contributed by atoms with Gasteiger partial charge in [-0.3, -0.25) is 0 Å². The second-order valence-corrected chi connectivity index (χ2v) is 3.99. The third-order valence-electron chi connectivity index (χ3n) is 2.48. The van der Waals surface area contributed by atoms with E-state index in [0.29, 0.717) is 24.4 Å². The van der Waals surface area contributed by atoms with Gasteiger partial charge in [-0.15, -0.1) is 0 Å². The van der Waals surface area contributed by atoms with Gasteiger partial charge in [-0.2, -0.15) is 0 Å². The molecule has 0 atom stereocenters. The van der Waals surface area contributed by atoms with Gasteiger partial charge in [-0.05, 0) is 25.5 Å². The Morgan fingerprint density at radius 2 is 2.00 bits per heavy atom. The molecule has 2 N–H and O–H groups in total. The average Bonchev–Trinajstić information content (AvgIpc) is 2.44. The minimum Gasteiger partial charge on any atom is -0.462 e. The minimum atomic E-state index is -0.456. The van der Waals surface area contributed by atoms with Crippen molar-refractivity contribution in [3.63, 3.8) is 0 Å². The smallest absolute Gasteiger partial charge is 0.340 e. The highest BCUT2D eigenvalue weighted by Gasteiger charge is 2.13. The Morgan fingerprint density at radius 1 is 1.25 bits per heavy atom. The lowest BCUT2D eigenvalue weighted by atomic mass is 10.2. The van der Waals surface area contributed by atoms with E-state index >= 15 is 0 Å². The fraction of sp³-hybridized carbons (Fsp3) is 0.429. The van der Waals surface area contributed by atoms with Crippen LogP contribution in [0, 0.1) is 0 Å². The predicted octanol–water partition coefficient (Wildman–Crippen LogP) is 2.02. The van der Waals surface area contributed by atoms with Crippen LogP contribution in [0.5, 0.6) is 0 Å². The van der Waals surface area contributed by atoms with Gasteiger partial charge in [0.25, 0.3) is 0 Å². The van der Waals surface area contributed by atoms with Gasteiger partial charge >= 0.3 is 12.0 Å². The van der Waals surface area contributed by atoms with Crippen LogP contribution in [0.3, 0.4) is 0 Å². The normalized spacial score (nSPS) is 9.90. The molecule has 1 aromatic rings. The molecule has 0 aliphatic rings. The van der Waals surface area contributed by atoms with Crippen LogP contribution in [0.2, 0.25) is 0 Å². The number of carbonyl (C=O) groups is 2. The van der Waals surface area contributed by atoms with Gasteiger partial charge in [0.15, 0.2) is 0 Å². The average molecular weight is 280 g/mol. The van der Waals surface area contributed by atoms with Crippen molar-refractivity contribution in [1.29, 1.82) is 0 Å². The highest BCUT2D eigenvalue weighted by atomic mass is 16.5. The molecule has 6 heteroatoms. The topological polar surface area (TPSA) is 76.7 Å². The molecule has 0 aliphatic heterocycles. The van der Waals surface area contributed by atoms with Gasteiger partial charge < -0.3 is 20.1 Å². The van der Waals surface area contributed by atoms with E-state index in [1.54, 1.807) is 38.3 Å². The minimum absolute atomic E-state index is 0.288. The van der Waals surface area contributed by atoms with E-state index in [2.05, 4.69) is 10.6 Å². The second kappa shape index (κ2) is 8.92. The van der Waals surface area contributed by atoms with Crippen LogP contribution in [0.15, 0.2) is 24.3 Å². The third kappa shape index (κ3) is 5.27. The Balaban J connectivity index is 2.58. The maximum Gasteiger partial charge on any atom is 0.340 e. The number of anilines is 1. The second-order valence-electron chi connectivity index (χ2n) is 3.99. The van der Waals surface area contributed by atoms with Crippen LogP contribution < -0.4 is 10.6 Å². The molecule has 1 aromatic carbocycles. The predicted molar refractivity (Wildman–Crippen MR) is 75.9 cm³/mol. The highest BCUT2D eigenvalue weighted by molar-refractivity contribution is 6.00. The van der Waals surface area contributed by atoms with Gasteiger partial charge in [0.05, 0.1) is 17.9 Å². The molecular weight excluding hydrogens is 260 g/mol. The van der Waals surface area contributed by atoms with Gasteiger partial charge in [0, 0.05) is 20.3 Å². The molecule has 0 unspecified atom stereocenters.